The van der Waals surface area contributed by atoms with Crippen molar-refractivity contribution < 1.29 is 14.4 Å². The van der Waals surface area contributed by atoms with Crippen molar-refractivity contribution in [3.05, 3.63) is 52.6 Å². The molecule has 0 saturated heterocycles. The third-order valence-corrected chi connectivity index (χ3v) is 4.06. The summed E-state index contributed by atoms with van der Waals surface area (Å²) in [7, 11) is -5.03. The van der Waals surface area contributed by atoms with Gasteiger partial charge in [-0.3, -0.25) is 9.78 Å². The Hall–Kier alpha value is -2.48. The largest absolute Gasteiger partial charge is 0.809 e. The average molecular weight is 319 g/mol. The third kappa shape index (κ3) is 2.77. The van der Waals surface area contributed by atoms with Crippen molar-refractivity contribution in [3.8, 4) is 0 Å². The molecule has 0 radical (unpaired) electrons. The van der Waals surface area contributed by atoms with Crippen LogP contribution in [0.2, 0.25) is 0 Å². The highest BCUT2D eigenvalue weighted by atomic mass is 31.2. The number of rotatable bonds is 4. The lowest BCUT2D eigenvalue weighted by atomic mass is 10.2. The number of aromatic nitrogens is 4. The lowest BCUT2D eigenvalue weighted by Crippen LogP contribution is -2.27. The molecule has 0 aliphatic carbocycles. The van der Waals surface area contributed by atoms with E-state index >= 15 is 0 Å². The van der Waals surface area contributed by atoms with Crippen LogP contribution in [0.5, 0.6) is 0 Å². The number of benzene rings is 1. The summed E-state index contributed by atoms with van der Waals surface area (Å²) in [5.41, 5.74) is 0.00276. The van der Waals surface area contributed by atoms with E-state index in [2.05, 4.69) is 25.3 Å². The molecule has 1 unspecified atom stereocenters. The Morgan fingerprint density at radius 2 is 1.95 bits per heavy atom. The van der Waals surface area contributed by atoms with E-state index in [0.717, 1.165) is 0 Å². The van der Waals surface area contributed by atoms with E-state index in [0.29, 0.717) is 0 Å². The Bertz CT molecular complexity index is 901. The smallest absolute Gasteiger partial charge is 0.278 e. The Kier molecular flexibility index (Phi) is 3.53. The van der Waals surface area contributed by atoms with E-state index in [-0.39, 0.29) is 22.7 Å². The second-order valence-electron chi connectivity index (χ2n) is 4.51. The molecular formula is C12H10N5O4P-2. The number of nitrogens with one attached hydrogen (secondary N) is 3. The van der Waals surface area contributed by atoms with Gasteiger partial charge in [0.15, 0.2) is 11.2 Å². The fraction of sp³-hybridized carbons (Fsp3) is 0.0833. The molecule has 3 rings (SSSR count). The number of hydrogen-bond donors (Lipinski definition) is 3. The lowest BCUT2D eigenvalue weighted by Gasteiger charge is -2.38. The van der Waals surface area contributed by atoms with Crippen LogP contribution in [-0.2, 0) is 4.57 Å². The number of fused-ring (bicyclic) bond motifs is 1. The quantitative estimate of drug-likeness (QED) is 0.557. The van der Waals surface area contributed by atoms with Gasteiger partial charge in [0.2, 0.25) is 5.95 Å². The van der Waals surface area contributed by atoms with Crippen LogP contribution in [0.1, 0.15) is 11.3 Å². The van der Waals surface area contributed by atoms with Gasteiger partial charge in [0.1, 0.15) is 0 Å². The molecule has 22 heavy (non-hydrogen) atoms. The maximum Gasteiger partial charge on any atom is 0.278 e. The molecule has 9 nitrogen and oxygen atoms in total. The second-order valence-corrected chi connectivity index (χ2v) is 6.11. The monoisotopic (exact) mass is 319 g/mol. The summed E-state index contributed by atoms with van der Waals surface area (Å²) in [6, 6.07) is 7.88. The molecule has 3 aromatic rings. The number of hydrogen-bond acceptors (Lipinski definition) is 7. The first kappa shape index (κ1) is 14.5. The molecule has 10 heteroatoms. The molecule has 1 atom stereocenters. The zero-order valence-electron chi connectivity index (χ0n) is 11.0. The van der Waals surface area contributed by atoms with Crippen molar-refractivity contribution in [2.45, 2.75) is 5.78 Å². The van der Waals surface area contributed by atoms with Crippen LogP contribution >= 0.6 is 7.60 Å². The van der Waals surface area contributed by atoms with E-state index in [9.17, 15) is 19.1 Å². The summed E-state index contributed by atoms with van der Waals surface area (Å²) >= 11 is 0. The molecular weight excluding hydrogens is 309 g/mol. The fourth-order valence-corrected chi connectivity index (χ4v) is 2.84. The molecule has 0 spiro atoms. The predicted molar refractivity (Wildman–Crippen MR) is 74.9 cm³/mol. The summed E-state index contributed by atoms with van der Waals surface area (Å²) in [5.74, 6) is -1.70. The van der Waals surface area contributed by atoms with Crippen molar-refractivity contribution in [1.29, 1.82) is 0 Å². The predicted octanol–water partition coefficient (Wildman–Crippen LogP) is -0.329. The standard InChI is InChI=1S/C12H12N5O4P/c18-10-8-9(14-6-13-8)15-12(16-10)17-11(22(19,20)21)7-4-2-1-3-5-7/h1-6,11H,(H2,19,20,21)(H3,13,14,15,16,17,18)/p-2. The van der Waals surface area contributed by atoms with Crippen molar-refractivity contribution in [2.24, 2.45) is 0 Å². The SMILES string of the molecule is O=c1[nH]c(NC(c2ccccc2)P(=O)([O-])[O-])nc2nc[nH]c12. The molecule has 0 saturated carbocycles. The Morgan fingerprint density at radius 3 is 2.64 bits per heavy atom. The first-order valence-corrected chi connectivity index (χ1v) is 7.83. The highest BCUT2D eigenvalue weighted by Gasteiger charge is 2.17. The Labute approximate surface area is 123 Å². The molecule has 114 valence electrons. The molecule has 0 amide bonds. The topological polar surface area (TPSA) is 150 Å². The Morgan fingerprint density at radius 1 is 1.23 bits per heavy atom. The number of imidazole rings is 1. The minimum atomic E-state index is -5.03. The summed E-state index contributed by atoms with van der Waals surface area (Å²) in [5, 5.41) is 2.45. The number of nitrogens with zero attached hydrogens (tertiary/aromatic N) is 2. The van der Waals surface area contributed by atoms with Gasteiger partial charge in [0.25, 0.3) is 5.56 Å². The summed E-state index contributed by atoms with van der Waals surface area (Å²) in [4.78, 5) is 47.6. The van der Waals surface area contributed by atoms with Gasteiger partial charge in [-0.1, -0.05) is 30.3 Å². The first-order chi connectivity index (χ1) is 10.4. The van der Waals surface area contributed by atoms with Gasteiger partial charge >= 0.3 is 0 Å². The van der Waals surface area contributed by atoms with Crippen LogP contribution < -0.4 is 20.7 Å². The molecule has 2 aromatic heterocycles. The van der Waals surface area contributed by atoms with Gasteiger partial charge in [-0.25, -0.2) is 4.98 Å². The normalized spacial score (nSPS) is 13.2. The van der Waals surface area contributed by atoms with Crippen LogP contribution in [0, 0.1) is 0 Å². The summed E-state index contributed by atoms with van der Waals surface area (Å²) < 4.78 is 11.5. The molecule has 0 fully saturated rings. The van der Waals surface area contributed by atoms with E-state index in [1.54, 1.807) is 18.2 Å². The maximum absolute atomic E-state index is 11.8. The summed E-state index contributed by atoms with van der Waals surface area (Å²) in [6.45, 7) is 0. The number of H-pyrrole nitrogens is 2. The molecule has 2 heterocycles. The molecule has 0 aliphatic heterocycles. The van der Waals surface area contributed by atoms with Gasteiger partial charge in [-0.2, -0.15) is 4.98 Å². The van der Waals surface area contributed by atoms with Crippen molar-refractivity contribution in [2.75, 3.05) is 5.32 Å². The van der Waals surface area contributed by atoms with E-state index in [1.807, 2.05) is 0 Å². The average Bonchev–Trinajstić information content (AvgIpc) is 2.93. The van der Waals surface area contributed by atoms with Crippen LogP contribution in [0.4, 0.5) is 5.95 Å². The molecule has 3 N–H and O–H groups in total. The van der Waals surface area contributed by atoms with E-state index in [1.165, 1.54) is 18.5 Å². The highest BCUT2D eigenvalue weighted by molar-refractivity contribution is 7.49. The summed E-state index contributed by atoms with van der Waals surface area (Å²) in [6.07, 6.45) is 1.29. The van der Waals surface area contributed by atoms with Crippen LogP contribution in [0.3, 0.4) is 0 Å². The van der Waals surface area contributed by atoms with Gasteiger partial charge < -0.3 is 24.7 Å². The minimum absolute atomic E-state index is 0.115. The van der Waals surface area contributed by atoms with Crippen molar-refractivity contribution >= 4 is 24.7 Å². The van der Waals surface area contributed by atoms with Crippen LogP contribution in [-0.4, -0.2) is 19.9 Å². The van der Waals surface area contributed by atoms with Gasteiger partial charge in [0.05, 0.1) is 12.1 Å². The van der Waals surface area contributed by atoms with E-state index in [4.69, 9.17) is 0 Å². The van der Waals surface area contributed by atoms with Crippen LogP contribution in [0.15, 0.2) is 41.5 Å². The third-order valence-electron chi connectivity index (χ3n) is 3.00. The lowest BCUT2D eigenvalue weighted by molar-refractivity contribution is -0.316. The minimum Gasteiger partial charge on any atom is -0.809 e. The maximum atomic E-state index is 11.8. The molecule has 0 aliphatic rings. The van der Waals surface area contributed by atoms with Gasteiger partial charge in [-0.05, 0) is 13.2 Å². The Balaban J connectivity index is 2.03. The van der Waals surface area contributed by atoms with Crippen molar-refractivity contribution in [3.63, 3.8) is 0 Å². The number of anilines is 1. The fourth-order valence-electron chi connectivity index (χ4n) is 2.02. The highest BCUT2D eigenvalue weighted by Crippen LogP contribution is 2.43. The van der Waals surface area contributed by atoms with Gasteiger partial charge in [0, 0.05) is 0 Å². The number of aromatic amines is 2. The zero-order chi connectivity index (χ0) is 15.7. The van der Waals surface area contributed by atoms with Gasteiger partial charge in [-0.15, -0.1) is 0 Å². The zero-order valence-corrected chi connectivity index (χ0v) is 11.9. The van der Waals surface area contributed by atoms with E-state index < -0.39 is 18.9 Å². The molecule has 0 bridgehead atoms. The first-order valence-electron chi connectivity index (χ1n) is 6.22. The molecule has 1 aromatic carbocycles. The van der Waals surface area contributed by atoms with Crippen LogP contribution in [0.25, 0.3) is 11.2 Å². The van der Waals surface area contributed by atoms with Crippen molar-refractivity contribution in [1.82, 2.24) is 19.9 Å². The second kappa shape index (κ2) is 5.38.